The van der Waals surface area contributed by atoms with Gasteiger partial charge in [-0.15, -0.1) is 11.3 Å². The molecule has 0 aliphatic heterocycles. The SMILES string of the molecule is COc1ccc2cc([C@H](C)C(=O)Nc3cccc(C#Cc4cccs4)c3)ccc2c1. The van der Waals surface area contributed by atoms with Gasteiger partial charge in [0.1, 0.15) is 5.75 Å². The number of carbonyl (C=O) groups is 1. The highest BCUT2D eigenvalue weighted by Gasteiger charge is 2.16. The first-order valence-electron chi connectivity index (χ1n) is 9.66. The summed E-state index contributed by atoms with van der Waals surface area (Å²) in [4.78, 5) is 13.9. The summed E-state index contributed by atoms with van der Waals surface area (Å²) in [5, 5.41) is 7.19. The third-order valence-corrected chi connectivity index (χ3v) is 5.73. The Labute approximate surface area is 180 Å². The Kier molecular flexibility index (Phi) is 5.83. The molecule has 0 saturated heterocycles. The van der Waals surface area contributed by atoms with E-state index in [9.17, 15) is 4.79 Å². The molecule has 0 unspecified atom stereocenters. The van der Waals surface area contributed by atoms with Gasteiger partial charge in [-0.05, 0) is 65.0 Å². The summed E-state index contributed by atoms with van der Waals surface area (Å²) in [6, 6.07) is 23.6. The molecular weight excluding hydrogens is 390 g/mol. The lowest BCUT2D eigenvalue weighted by Gasteiger charge is -2.14. The quantitative estimate of drug-likeness (QED) is 0.415. The molecule has 148 valence electrons. The highest BCUT2D eigenvalue weighted by atomic mass is 32.1. The van der Waals surface area contributed by atoms with E-state index < -0.39 is 0 Å². The Bertz CT molecular complexity index is 1250. The van der Waals surface area contributed by atoms with Crippen LogP contribution in [-0.2, 0) is 4.79 Å². The number of hydrogen-bond donors (Lipinski definition) is 1. The first kappa shape index (κ1) is 19.8. The van der Waals surface area contributed by atoms with E-state index in [1.54, 1.807) is 18.4 Å². The molecule has 0 fully saturated rings. The van der Waals surface area contributed by atoms with Gasteiger partial charge in [0.25, 0.3) is 0 Å². The van der Waals surface area contributed by atoms with Crippen molar-refractivity contribution >= 4 is 33.7 Å². The number of ether oxygens (including phenoxy) is 1. The predicted octanol–water partition coefficient (Wildman–Crippen LogP) is 6.05. The molecule has 0 bridgehead atoms. The summed E-state index contributed by atoms with van der Waals surface area (Å²) < 4.78 is 5.28. The van der Waals surface area contributed by atoms with Gasteiger partial charge in [0, 0.05) is 11.3 Å². The first-order valence-corrected chi connectivity index (χ1v) is 10.5. The number of rotatable bonds is 4. The van der Waals surface area contributed by atoms with Crippen molar-refractivity contribution in [3.63, 3.8) is 0 Å². The fourth-order valence-electron chi connectivity index (χ4n) is 3.20. The number of benzene rings is 3. The molecule has 1 N–H and O–H groups in total. The molecule has 0 aliphatic carbocycles. The van der Waals surface area contributed by atoms with Crippen LogP contribution in [0.4, 0.5) is 5.69 Å². The average molecular weight is 412 g/mol. The van der Waals surface area contributed by atoms with Gasteiger partial charge in [0.2, 0.25) is 5.91 Å². The number of nitrogens with one attached hydrogen (secondary N) is 1. The predicted molar refractivity (Wildman–Crippen MR) is 124 cm³/mol. The summed E-state index contributed by atoms with van der Waals surface area (Å²) in [5.41, 5.74) is 2.59. The molecular formula is C26H21NO2S. The van der Waals surface area contributed by atoms with E-state index in [1.165, 1.54) is 0 Å². The van der Waals surface area contributed by atoms with Gasteiger partial charge in [-0.2, -0.15) is 0 Å². The monoisotopic (exact) mass is 411 g/mol. The van der Waals surface area contributed by atoms with Gasteiger partial charge in [-0.3, -0.25) is 4.79 Å². The van der Waals surface area contributed by atoms with Gasteiger partial charge in [-0.25, -0.2) is 0 Å². The van der Waals surface area contributed by atoms with Gasteiger partial charge in [0.15, 0.2) is 0 Å². The fourth-order valence-corrected chi connectivity index (χ4v) is 3.77. The summed E-state index contributed by atoms with van der Waals surface area (Å²) in [6.45, 7) is 1.92. The van der Waals surface area contributed by atoms with Crippen LogP contribution in [0.5, 0.6) is 5.75 Å². The molecule has 30 heavy (non-hydrogen) atoms. The van der Waals surface area contributed by atoms with E-state index in [4.69, 9.17) is 4.74 Å². The van der Waals surface area contributed by atoms with Crippen LogP contribution in [0, 0.1) is 11.8 Å². The van der Waals surface area contributed by atoms with Crippen LogP contribution < -0.4 is 10.1 Å². The number of hydrogen-bond acceptors (Lipinski definition) is 3. The highest BCUT2D eigenvalue weighted by Crippen LogP contribution is 2.26. The molecule has 3 aromatic carbocycles. The molecule has 1 heterocycles. The maximum Gasteiger partial charge on any atom is 0.231 e. The van der Waals surface area contributed by atoms with Crippen molar-refractivity contribution < 1.29 is 9.53 Å². The number of amides is 1. The standard InChI is InChI=1S/C26H21NO2S/c1-18(20-9-10-22-17-24(29-2)12-11-21(22)16-20)26(28)27-23-6-3-5-19(15-23)8-13-25-7-4-14-30-25/h3-7,9-12,14-18H,1-2H3,(H,27,28)/t18-/m0/s1. The third-order valence-electron chi connectivity index (χ3n) is 4.95. The van der Waals surface area contributed by atoms with Crippen LogP contribution >= 0.6 is 11.3 Å². The topological polar surface area (TPSA) is 38.3 Å². The third kappa shape index (κ3) is 4.53. The van der Waals surface area contributed by atoms with Gasteiger partial charge in [0.05, 0.1) is 17.9 Å². The zero-order chi connectivity index (χ0) is 20.9. The summed E-state index contributed by atoms with van der Waals surface area (Å²) in [5.74, 6) is 6.78. The molecule has 0 radical (unpaired) electrons. The molecule has 1 atom stereocenters. The van der Waals surface area contributed by atoms with Crippen LogP contribution in [0.3, 0.4) is 0 Å². The van der Waals surface area contributed by atoms with Crippen molar-refractivity contribution in [3.05, 3.63) is 94.2 Å². The zero-order valence-electron chi connectivity index (χ0n) is 16.8. The van der Waals surface area contributed by atoms with Gasteiger partial charge >= 0.3 is 0 Å². The van der Waals surface area contributed by atoms with E-state index in [-0.39, 0.29) is 11.8 Å². The Morgan fingerprint density at radius 1 is 0.967 bits per heavy atom. The van der Waals surface area contributed by atoms with Crippen molar-refractivity contribution in [2.75, 3.05) is 12.4 Å². The van der Waals surface area contributed by atoms with E-state index in [0.29, 0.717) is 0 Å². The molecule has 0 spiro atoms. The van der Waals surface area contributed by atoms with Gasteiger partial charge in [-0.1, -0.05) is 48.2 Å². The van der Waals surface area contributed by atoms with Crippen molar-refractivity contribution in [3.8, 4) is 17.6 Å². The normalized spacial score (nSPS) is 11.4. The highest BCUT2D eigenvalue weighted by molar-refractivity contribution is 7.10. The molecule has 1 aromatic heterocycles. The van der Waals surface area contributed by atoms with Crippen LogP contribution in [0.25, 0.3) is 10.8 Å². The largest absolute Gasteiger partial charge is 0.497 e. The van der Waals surface area contributed by atoms with Crippen LogP contribution in [0.15, 0.2) is 78.2 Å². The van der Waals surface area contributed by atoms with E-state index in [0.717, 1.165) is 38.2 Å². The Morgan fingerprint density at radius 2 is 1.80 bits per heavy atom. The second-order valence-electron chi connectivity index (χ2n) is 6.99. The second kappa shape index (κ2) is 8.86. The molecule has 0 saturated carbocycles. The molecule has 4 aromatic rings. The smallest absolute Gasteiger partial charge is 0.231 e. The number of carbonyl (C=O) groups excluding carboxylic acids is 1. The summed E-state index contributed by atoms with van der Waals surface area (Å²) in [7, 11) is 1.66. The van der Waals surface area contributed by atoms with E-state index in [1.807, 2.05) is 79.0 Å². The molecule has 4 rings (SSSR count). The molecule has 1 amide bonds. The first-order chi connectivity index (χ1) is 14.6. The van der Waals surface area contributed by atoms with Crippen molar-refractivity contribution in [1.82, 2.24) is 0 Å². The molecule has 3 nitrogen and oxygen atoms in total. The van der Waals surface area contributed by atoms with E-state index in [2.05, 4.69) is 23.2 Å². The maximum absolute atomic E-state index is 12.8. The van der Waals surface area contributed by atoms with Crippen LogP contribution in [0.2, 0.25) is 0 Å². The van der Waals surface area contributed by atoms with Gasteiger partial charge < -0.3 is 10.1 Å². The van der Waals surface area contributed by atoms with Crippen LogP contribution in [-0.4, -0.2) is 13.0 Å². The van der Waals surface area contributed by atoms with Crippen molar-refractivity contribution in [1.29, 1.82) is 0 Å². The Hall–Kier alpha value is -3.55. The molecule has 0 aliphatic rings. The lowest BCUT2D eigenvalue weighted by molar-refractivity contribution is -0.117. The summed E-state index contributed by atoms with van der Waals surface area (Å²) in [6.07, 6.45) is 0. The zero-order valence-corrected chi connectivity index (χ0v) is 17.6. The number of methoxy groups -OCH3 is 1. The van der Waals surface area contributed by atoms with E-state index >= 15 is 0 Å². The Morgan fingerprint density at radius 3 is 2.60 bits per heavy atom. The lowest BCUT2D eigenvalue weighted by Crippen LogP contribution is -2.18. The van der Waals surface area contributed by atoms with Crippen molar-refractivity contribution in [2.45, 2.75) is 12.8 Å². The molecule has 4 heteroatoms. The minimum atomic E-state index is -0.280. The minimum Gasteiger partial charge on any atom is -0.497 e. The fraction of sp³-hybridized carbons (Fsp3) is 0.115. The maximum atomic E-state index is 12.8. The minimum absolute atomic E-state index is 0.0498. The lowest BCUT2D eigenvalue weighted by atomic mass is 9.97. The summed E-state index contributed by atoms with van der Waals surface area (Å²) >= 11 is 1.61. The average Bonchev–Trinajstić information content (AvgIpc) is 3.30. The van der Waals surface area contributed by atoms with Crippen LogP contribution in [0.1, 0.15) is 28.8 Å². The number of fused-ring (bicyclic) bond motifs is 1. The van der Waals surface area contributed by atoms with Crippen molar-refractivity contribution in [2.24, 2.45) is 0 Å². The number of thiophene rings is 1. The Balaban J connectivity index is 1.49. The number of anilines is 1. The second-order valence-corrected chi connectivity index (χ2v) is 7.94.